The molecule has 0 aromatic carbocycles. The highest BCUT2D eigenvalue weighted by Crippen LogP contribution is 2.19. The number of aromatic nitrogens is 2. The molecule has 6 heteroatoms. The van der Waals surface area contributed by atoms with Gasteiger partial charge in [-0.05, 0) is 6.07 Å². The number of nitrogens with zero attached hydrogens (tertiary/aromatic N) is 3. The van der Waals surface area contributed by atoms with Gasteiger partial charge in [-0.15, -0.1) is 0 Å². The Labute approximate surface area is 83.4 Å². The highest BCUT2D eigenvalue weighted by Gasteiger charge is 2.33. The zero-order valence-electron chi connectivity index (χ0n) is 8.00. The number of rotatable bonds is 3. The van der Waals surface area contributed by atoms with Gasteiger partial charge in [0.25, 0.3) is 0 Å². The van der Waals surface area contributed by atoms with Crippen molar-refractivity contribution in [2.24, 2.45) is 5.92 Å². The van der Waals surface area contributed by atoms with E-state index in [0.29, 0.717) is 19.0 Å². The predicted molar refractivity (Wildman–Crippen MR) is 52.1 cm³/mol. The second-order valence-electron chi connectivity index (χ2n) is 3.67. The zero-order valence-corrected chi connectivity index (χ0v) is 8.81. The molecule has 0 atom stereocenters. The van der Waals surface area contributed by atoms with Crippen molar-refractivity contribution in [3.8, 4) is 0 Å². The normalized spacial score (nSPS) is 19.5. The predicted octanol–water partition coefficient (Wildman–Crippen LogP) is -0.226. The summed E-state index contributed by atoms with van der Waals surface area (Å²) in [5.41, 5.74) is 0. The van der Waals surface area contributed by atoms with Gasteiger partial charge in [0.05, 0.1) is 6.26 Å². The maximum absolute atomic E-state index is 11.1. The van der Waals surface area contributed by atoms with Crippen LogP contribution in [0.2, 0.25) is 0 Å². The first-order chi connectivity index (χ1) is 6.55. The number of hydrogen-bond acceptors (Lipinski definition) is 3. The summed E-state index contributed by atoms with van der Waals surface area (Å²) >= 11 is 0. The van der Waals surface area contributed by atoms with Crippen molar-refractivity contribution >= 4 is 10.0 Å². The van der Waals surface area contributed by atoms with Gasteiger partial charge in [-0.3, -0.25) is 4.68 Å². The Balaban J connectivity index is 1.85. The second kappa shape index (κ2) is 3.36. The van der Waals surface area contributed by atoms with E-state index in [1.165, 1.54) is 10.6 Å². The molecule has 0 N–H and O–H groups in total. The average molecular weight is 215 g/mol. The van der Waals surface area contributed by atoms with Crippen LogP contribution < -0.4 is 0 Å². The van der Waals surface area contributed by atoms with Crippen molar-refractivity contribution in [1.82, 2.24) is 14.1 Å². The SMILES string of the molecule is CS(=O)(=O)N1CC(Cn2cccn2)C1. The van der Waals surface area contributed by atoms with E-state index >= 15 is 0 Å². The van der Waals surface area contributed by atoms with Crippen molar-refractivity contribution in [2.75, 3.05) is 19.3 Å². The lowest BCUT2D eigenvalue weighted by molar-refractivity contribution is 0.176. The number of hydrogen-bond donors (Lipinski definition) is 0. The summed E-state index contributed by atoms with van der Waals surface area (Å²) in [6.45, 7) is 2.05. The molecule has 0 amide bonds. The Kier molecular flexibility index (Phi) is 2.32. The monoisotopic (exact) mass is 215 g/mol. The molecule has 1 aliphatic heterocycles. The van der Waals surface area contributed by atoms with E-state index in [-0.39, 0.29) is 0 Å². The van der Waals surface area contributed by atoms with Gasteiger partial charge >= 0.3 is 0 Å². The second-order valence-corrected chi connectivity index (χ2v) is 5.66. The first-order valence-electron chi connectivity index (χ1n) is 4.48. The fourth-order valence-electron chi connectivity index (χ4n) is 1.58. The lowest BCUT2D eigenvalue weighted by Gasteiger charge is -2.36. The quantitative estimate of drug-likeness (QED) is 0.700. The molecule has 2 heterocycles. The van der Waals surface area contributed by atoms with Gasteiger partial charge in [0, 0.05) is 37.9 Å². The molecular formula is C8H13N3O2S. The van der Waals surface area contributed by atoms with Crippen molar-refractivity contribution in [3.63, 3.8) is 0 Å². The molecule has 0 radical (unpaired) electrons. The topological polar surface area (TPSA) is 55.2 Å². The molecule has 5 nitrogen and oxygen atoms in total. The van der Waals surface area contributed by atoms with Gasteiger partial charge in [0.15, 0.2) is 0 Å². The summed E-state index contributed by atoms with van der Waals surface area (Å²) in [6.07, 6.45) is 4.87. The molecule has 0 unspecified atom stereocenters. The third-order valence-corrected chi connectivity index (χ3v) is 3.63. The molecule has 14 heavy (non-hydrogen) atoms. The third kappa shape index (κ3) is 1.96. The molecule has 1 aromatic heterocycles. The number of sulfonamides is 1. The lowest BCUT2D eigenvalue weighted by Crippen LogP contribution is -2.50. The highest BCUT2D eigenvalue weighted by molar-refractivity contribution is 7.88. The molecule has 1 saturated heterocycles. The maximum Gasteiger partial charge on any atom is 0.211 e. The van der Waals surface area contributed by atoms with Gasteiger partial charge in [0.1, 0.15) is 0 Å². The van der Waals surface area contributed by atoms with E-state index in [4.69, 9.17) is 0 Å². The molecule has 2 rings (SSSR count). The Morgan fingerprint density at radius 3 is 2.71 bits per heavy atom. The van der Waals surface area contributed by atoms with Crippen molar-refractivity contribution in [1.29, 1.82) is 0 Å². The van der Waals surface area contributed by atoms with E-state index in [1.54, 1.807) is 6.20 Å². The van der Waals surface area contributed by atoms with E-state index in [9.17, 15) is 8.42 Å². The molecule has 0 bridgehead atoms. The summed E-state index contributed by atoms with van der Waals surface area (Å²) in [7, 11) is -2.97. The molecule has 1 fully saturated rings. The molecule has 1 aromatic rings. The van der Waals surface area contributed by atoms with Crippen LogP contribution in [0.15, 0.2) is 18.5 Å². The minimum absolute atomic E-state index is 0.407. The molecule has 0 saturated carbocycles. The summed E-state index contributed by atoms with van der Waals surface area (Å²) in [4.78, 5) is 0. The Bertz CT molecular complexity index is 392. The Hall–Kier alpha value is -0.880. The zero-order chi connectivity index (χ0) is 10.2. The Morgan fingerprint density at radius 1 is 1.50 bits per heavy atom. The fourth-order valence-corrected chi connectivity index (χ4v) is 2.54. The van der Waals surface area contributed by atoms with Gasteiger partial charge in [-0.25, -0.2) is 12.7 Å². The standard InChI is InChI=1S/C8H13N3O2S/c1-14(12,13)11-6-8(7-11)5-10-4-2-3-9-10/h2-4,8H,5-7H2,1H3. The van der Waals surface area contributed by atoms with Gasteiger partial charge in [0.2, 0.25) is 10.0 Å². The highest BCUT2D eigenvalue weighted by atomic mass is 32.2. The molecule has 1 aliphatic rings. The third-order valence-electron chi connectivity index (χ3n) is 2.40. The fraction of sp³-hybridized carbons (Fsp3) is 0.625. The molecule has 0 spiro atoms. The molecule has 0 aliphatic carbocycles. The van der Waals surface area contributed by atoms with Gasteiger partial charge in [-0.2, -0.15) is 5.10 Å². The van der Waals surface area contributed by atoms with Crippen LogP contribution in [-0.4, -0.2) is 41.8 Å². The summed E-state index contributed by atoms with van der Waals surface area (Å²) in [5.74, 6) is 0.407. The smallest absolute Gasteiger partial charge is 0.211 e. The minimum atomic E-state index is -2.97. The van der Waals surface area contributed by atoms with E-state index in [0.717, 1.165) is 6.54 Å². The van der Waals surface area contributed by atoms with E-state index < -0.39 is 10.0 Å². The van der Waals surface area contributed by atoms with Crippen molar-refractivity contribution < 1.29 is 8.42 Å². The molecular weight excluding hydrogens is 202 g/mol. The van der Waals surface area contributed by atoms with E-state index in [2.05, 4.69) is 5.10 Å². The lowest BCUT2D eigenvalue weighted by atomic mass is 10.0. The Morgan fingerprint density at radius 2 is 2.21 bits per heavy atom. The van der Waals surface area contributed by atoms with Crippen LogP contribution in [0.25, 0.3) is 0 Å². The summed E-state index contributed by atoms with van der Waals surface area (Å²) in [5, 5.41) is 4.07. The first kappa shape index (κ1) is 9.67. The van der Waals surface area contributed by atoms with Crippen LogP contribution in [0.4, 0.5) is 0 Å². The van der Waals surface area contributed by atoms with Crippen LogP contribution in [0.5, 0.6) is 0 Å². The van der Waals surface area contributed by atoms with Crippen molar-refractivity contribution in [3.05, 3.63) is 18.5 Å². The van der Waals surface area contributed by atoms with E-state index in [1.807, 2.05) is 16.9 Å². The van der Waals surface area contributed by atoms with Gasteiger partial charge in [-0.1, -0.05) is 0 Å². The largest absolute Gasteiger partial charge is 0.272 e. The maximum atomic E-state index is 11.1. The van der Waals surface area contributed by atoms with Crippen LogP contribution in [0.1, 0.15) is 0 Å². The van der Waals surface area contributed by atoms with Crippen LogP contribution in [0.3, 0.4) is 0 Å². The van der Waals surface area contributed by atoms with Gasteiger partial charge < -0.3 is 0 Å². The van der Waals surface area contributed by atoms with Crippen molar-refractivity contribution in [2.45, 2.75) is 6.54 Å². The van der Waals surface area contributed by atoms with Crippen LogP contribution >= 0.6 is 0 Å². The minimum Gasteiger partial charge on any atom is -0.272 e. The van der Waals surface area contributed by atoms with Crippen LogP contribution in [-0.2, 0) is 16.6 Å². The molecule has 78 valence electrons. The summed E-state index contributed by atoms with van der Waals surface area (Å²) in [6, 6.07) is 1.87. The average Bonchev–Trinajstić information content (AvgIpc) is 2.44. The first-order valence-corrected chi connectivity index (χ1v) is 6.33. The summed E-state index contributed by atoms with van der Waals surface area (Å²) < 4.78 is 25.5. The van der Waals surface area contributed by atoms with Crippen LogP contribution in [0, 0.1) is 5.92 Å².